The van der Waals surface area contributed by atoms with Gasteiger partial charge in [-0.25, -0.2) is 0 Å². The number of hydrogen-bond donors (Lipinski definition) is 1. The van der Waals surface area contributed by atoms with Gasteiger partial charge in [0, 0.05) is 32.1 Å². The molecule has 16 heavy (non-hydrogen) atoms. The minimum absolute atomic E-state index is 0.0410. The largest absolute Gasteiger partial charge is 0.481 e. The van der Waals surface area contributed by atoms with E-state index in [-0.39, 0.29) is 6.42 Å². The van der Waals surface area contributed by atoms with Crippen LogP contribution in [0, 0.1) is 0 Å². The minimum atomic E-state index is -0.863. The normalized spacial score (nSPS) is 10.6. The fraction of sp³-hybridized carbons (Fsp3) is 0.273. The van der Waals surface area contributed by atoms with E-state index >= 15 is 0 Å². The molecule has 0 saturated carbocycles. The first-order chi connectivity index (χ1) is 7.56. The lowest BCUT2D eigenvalue weighted by Gasteiger charge is -1.96. The standard InChI is InChI=1S/C11H13N3O2/c1-13-4-3-8(7-13)10-5-9(6-11(15)16)12-14(10)2/h3-5,7H,6H2,1-2H3,(H,15,16). The number of aryl methyl sites for hydroxylation is 2. The summed E-state index contributed by atoms with van der Waals surface area (Å²) in [5, 5.41) is 12.9. The molecule has 0 amide bonds. The number of carboxylic acids is 1. The molecule has 2 rings (SSSR count). The van der Waals surface area contributed by atoms with Gasteiger partial charge in [0.15, 0.2) is 0 Å². The van der Waals surface area contributed by atoms with Crippen LogP contribution in [0.1, 0.15) is 5.69 Å². The van der Waals surface area contributed by atoms with Gasteiger partial charge in [0.1, 0.15) is 0 Å². The number of carboxylic acid groups (broad SMARTS) is 1. The molecule has 5 nitrogen and oxygen atoms in total. The zero-order chi connectivity index (χ0) is 11.7. The third-order valence-corrected chi connectivity index (χ3v) is 2.39. The molecule has 0 unspecified atom stereocenters. The van der Waals surface area contributed by atoms with E-state index in [0.717, 1.165) is 11.3 Å². The van der Waals surface area contributed by atoms with Crippen LogP contribution < -0.4 is 0 Å². The van der Waals surface area contributed by atoms with Gasteiger partial charge >= 0.3 is 5.97 Å². The third-order valence-electron chi connectivity index (χ3n) is 2.39. The summed E-state index contributed by atoms with van der Waals surface area (Å²) < 4.78 is 3.65. The summed E-state index contributed by atoms with van der Waals surface area (Å²) in [7, 11) is 3.76. The van der Waals surface area contributed by atoms with E-state index in [1.807, 2.05) is 43.2 Å². The van der Waals surface area contributed by atoms with Crippen molar-refractivity contribution in [2.45, 2.75) is 6.42 Å². The highest BCUT2D eigenvalue weighted by Gasteiger charge is 2.10. The van der Waals surface area contributed by atoms with Crippen LogP contribution in [0.5, 0.6) is 0 Å². The lowest BCUT2D eigenvalue weighted by atomic mass is 10.2. The SMILES string of the molecule is Cn1ccc(-c2cc(CC(=O)O)nn2C)c1. The molecule has 0 aliphatic heterocycles. The van der Waals surface area contributed by atoms with Crippen molar-refractivity contribution >= 4 is 5.97 Å². The van der Waals surface area contributed by atoms with Crippen LogP contribution in [0.15, 0.2) is 24.5 Å². The number of hydrogen-bond acceptors (Lipinski definition) is 2. The molecule has 0 aromatic carbocycles. The van der Waals surface area contributed by atoms with Crippen molar-refractivity contribution in [2.24, 2.45) is 14.1 Å². The molecule has 0 saturated heterocycles. The van der Waals surface area contributed by atoms with Gasteiger partial charge in [0.2, 0.25) is 0 Å². The number of carbonyl (C=O) groups is 1. The van der Waals surface area contributed by atoms with Gasteiger partial charge in [0.25, 0.3) is 0 Å². The molecule has 1 N–H and O–H groups in total. The minimum Gasteiger partial charge on any atom is -0.481 e. The van der Waals surface area contributed by atoms with Gasteiger partial charge in [-0.15, -0.1) is 0 Å². The monoisotopic (exact) mass is 219 g/mol. The highest BCUT2D eigenvalue weighted by Crippen LogP contribution is 2.20. The van der Waals surface area contributed by atoms with Crippen LogP contribution in [0.3, 0.4) is 0 Å². The Balaban J connectivity index is 2.35. The Bertz CT molecular complexity index is 525. The molecule has 0 aliphatic carbocycles. The average Bonchev–Trinajstić information content (AvgIpc) is 2.72. The van der Waals surface area contributed by atoms with Crippen LogP contribution in [-0.2, 0) is 25.3 Å². The summed E-state index contributed by atoms with van der Waals surface area (Å²) in [6.07, 6.45) is 3.88. The van der Waals surface area contributed by atoms with Crippen molar-refractivity contribution < 1.29 is 9.90 Å². The van der Waals surface area contributed by atoms with Crippen molar-refractivity contribution in [2.75, 3.05) is 0 Å². The molecule has 0 bridgehead atoms. The summed E-state index contributed by atoms with van der Waals surface area (Å²) in [5.41, 5.74) is 2.54. The number of rotatable bonds is 3. The molecule has 0 fully saturated rings. The van der Waals surface area contributed by atoms with E-state index in [4.69, 9.17) is 5.11 Å². The van der Waals surface area contributed by atoms with Crippen LogP contribution in [-0.4, -0.2) is 25.4 Å². The molecular weight excluding hydrogens is 206 g/mol. The smallest absolute Gasteiger partial charge is 0.309 e. The van der Waals surface area contributed by atoms with Crippen LogP contribution in [0.2, 0.25) is 0 Å². The highest BCUT2D eigenvalue weighted by molar-refractivity contribution is 5.70. The van der Waals surface area contributed by atoms with Crippen molar-refractivity contribution in [1.29, 1.82) is 0 Å². The third kappa shape index (κ3) is 1.98. The zero-order valence-corrected chi connectivity index (χ0v) is 9.21. The van der Waals surface area contributed by atoms with Crippen molar-refractivity contribution in [3.8, 4) is 11.3 Å². The van der Waals surface area contributed by atoms with E-state index in [1.54, 1.807) is 4.68 Å². The molecule has 0 spiro atoms. The second-order valence-corrected chi connectivity index (χ2v) is 3.78. The Morgan fingerprint density at radius 1 is 1.50 bits per heavy atom. The van der Waals surface area contributed by atoms with Crippen molar-refractivity contribution in [1.82, 2.24) is 14.3 Å². The second-order valence-electron chi connectivity index (χ2n) is 3.78. The summed E-state index contributed by atoms with van der Waals surface area (Å²) in [6, 6.07) is 3.78. The maximum Gasteiger partial charge on any atom is 0.309 e. The topological polar surface area (TPSA) is 60.1 Å². The molecule has 2 heterocycles. The van der Waals surface area contributed by atoms with E-state index < -0.39 is 5.97 Å². The fourth-order valence-electron chi connectivity index (χ4n) is 1.69. The first-order valence-electron chi connectivity index (χ1n) is 4.93. The molecule has 0 atom stereocenters. The van der Waals surface area contributed by atoms with Gasteiger partial charge in [-0.2, -0.15) is 5.10 Å². The van der Waals surface area contributed by atoms with Gasteiger partial charge in [-0.05, 0) is 12.1 Å². The number of nitrogens with zero attached hydrogens (tertiary/aromatic N) is 3. The highest BCUT2D eigenvalue weighted by atomic mass is 16.4. The first-order valence-corrected chi connectivity index (χ1v) is 4.93. The Kier molecular flexibility index (Phi) is 2.52. The zero-order valence-electron chi connectivity index (χ0n) is 9.21. The first kappa shape index (κ1) is 10.5. The van der Waals surface area contributed by atoms with Gasteiger partial charge in [-0.1, -0.05) is 0 Å². The maximum atomic E-state index is 10.6. The number of aliphatic carboxylic acids is 1. The van der Waals surface area contributed by atoms with Gasteiger partial charge < -0.3 is 9.67 Å². The Morgan fingerprint density at radius 3 is 2.81 bits per heavy atom. The molecule has 2 aromatic heterocycles. The lowest BCUT2D eigenvalue weighted by molar-refractivity contribution is -0.136. The molecule has 84 valence electrons. The quantitative estimate of drug-likeness (QED) is 0.839. The lowest BCUT2D eigenvalue weighted by Crippen LogP contribution is -2.01. The Labute approximate surface area is 92.9 Å². The number of aromatic nitrogens is 3. The summed E-state index contributed by atoms with van der Waals surface area (Å²) >= 11 is 0. The van der Waals surface area contributed by atoms with Crippen molar-refractivity contribution in [3.05, 3.63) is 30.2 Å². The van der Waals surface area contributed by atoms with Crippen molar-refractivity contribution in [3.63, 3.8) is 0 Å². The van der Waals surface area contributed by atoms with E-state index in [0.29, 0.717) is 5.69 Å². The molecule has 0 radical (unpaired) electrons. The Morgan fingerprint density at radius 2 is 2.25 bits per heavy atom. The molecular formula is C11H13N3O2. The van der Waals surface area contributed by atoms with Crippen LogP contribution in [0.25, 0.3) is 11.3 Å². The summed E-state index contributed by atoms with van der Waals surface area (Å²) in [4.78, 5) is 10.6. The van der Waals surface area contributed by atoms with E-state index in [9.17, 15) is 4.79 Å². The Hall–Kier alpha value is -2.04. The summed E-state index contributed by atoms with van der Waals surface area (Å²) in [6.45, 7) is 0. The van der Waals surface area contributed by atoms with E-state index in [2.05, 4.69) is 5.10 Å². The van der Waals surface area contributed by atoms with Crippen LogP contribution >= 0.6 is 0 Å². The predicted molar refractivity (Wildman–Crippen MR) is 59.0 cm³/mol. The fourth-order valence-corrected chi connectivity index (χ4v) is 1.69. The van der Waals surface area contributed by atoms with Crippen LogP contribution in [0.4, 0.5) is 0 Å². The molecule has 5 heteroatoms. The molecule has 0 aliphatic rings. The van der Waals surface area contributed by atoms with E-state index in [1.165, 1.54) is 0 Å². The second kappa shape index (κ2) is 3.84. The average molecular weight is 219 g/mol. The van der Waals surface area contributed by atoms with Gasteiger partial charge in [0.05, 0.1) is 17.8 Å². The summed E-state index contributed by atoms with van der Waals surface area (Å²) in [5.74, 6) is -0.863. The van der Waals surface area contributed by atoms with Gasteiger partial charge in [-0.3, -0.25) is 9.48 Å². The molecule has 2 aromatic rings. The predicted octanol–water partition coefficient (Wildman–Crippen LogP) is 1.05. The maximum absolute atomic E-state index is 10.6.